The second kappa shape index (κ2) is 8.07. The number of aromatic nitrogens is 4. The van der Waals surface area contributed by atoms with Crippen LogP contribution < -0.4 is 14.4 Å². The quantitative estimate of drug-likeness (QED) is 0.672. The lowest BCUT2D eigenvalue weighted by Crippen LogP contribution is -2.28. The molecule has 1 aromatic carbocycles. The van der Waals surface area contributed by atoms with Crippen LogP contribution in [0, 0.1) is 0 Å². The van der Waals surface area contributed by atoms with Crippen molar-refractivity contribution in [3.8, 4) is 17.2 Å². The zero-order chi connectivity index (χ0) is 21.1. The number of nitrogens with zero attached hydrogens (tertiary/aromatic N) is 5. The number of fused-ring (bicyclic) bond motifs is 1. The number of carbonyl (C=O) groups excluding carboxylic acids is 2. The largest absolute Gasteiger partial charge is 0.486 e. The Kier molecular flexibility index (Phi) is 5.16. The van der Waals surface area contributed by atoms with Crippen molar-refractivity contribution < 1.29 is 28.5 Å². The summed E-state index contributed by atoms with van der Waals surface area (Å²) >= 11 is 0. The number of hydrogen-bond donors (Lipinski definition) is 0. The normalized spacial score (nSPS) is 15.1. The number of esters is 2. The summed E-state index contributed by atoms with van der Waals surface area (Å²) in [6.45, 7) is 0.774. The van der Waals surface area contributed by atoms with Crippen molar-refractivity contribution in [2.45, 2.75) is 0 Å². The predicted octanol–water partition coefficient (Wildman–Crippen LogP) is 0.923. The van der Waals surface area contributed by atoms with E-state index in [4.69, 9.17) is 18.9 Å². The predicted molar refractivity (Wildman–Crippen MR) is 102 cm³/mol. The van der Waals surface area contributed by atoms with Gasteiger partial charge in [-0.1, -0.05) is 6.08 Å². The molecule has 11 nitrogen and oxygen atoms in total. The summed E-state index contributed by atoms with van der Waals surface area (Å²) in [5.74, 6) is -0.447. The number of methoxy groups -OCH3 is 2. The molecule has 0 fully saturated rings. The van der Waals surface area contributed by atoms with E-state index in [0.717, 1.165) is 0 Å². The molecule has 0 radical (unpaired) electrons. The summed E-state index contributed by atoms with van der Waals surface area (Å²) in [6, 6.07) is 3.37. The van der Waals surface area contributed by atoms with Gasteiger partial charge in [0.2, 0.25) is 0 Å². The third-order valence-corrected chi connectivity index (χ3v) is 4.38. The van der Waals surface area contributed by atoms with Crippen molar-refractivity contribution in [1.29, 1.82) is 0 Å². The Hall–Kier alpha value is -4.15. The molecule has 0 aliphatic carbocycles. The molecule has 11 heteroatoms. The van der Waals surface area contributed by atoms with Crippen molar-refractivity contribution in [3.05, 3.63) is 54.2 Å². The van der Waals surface area contributed by atoms with E-state index in [9.17, 15) is 9.59 Å². The van der Waals surface area contributed by atoms with Crippen LogP contribution in [-0.2, 0) is 19.1 Å². The van der Waals surface area contributed by atoms with Crippen LogP contribution in [0.3, 0.4) is 0 Å². The number of hydrogen-bond acceptors (Lipinski definition) is 10. The second-order valence-corrected chi connectivity index (χ2v) is 6.06. The Labute approximate surface area is 170 Å². The van der Waals surface area contributed by atoms with Gasteiger partial charge in [-0.3, -0.25) is 0 Å². The highest BCUT2D eigenvalue weighted by Crippen LogP contribution is 2.40. The van der Waals surface area contributed by atoms with Gasteiger partial charge in [-0.05, 0) is 22.6 Å². The van der Waals surface area contributed by atoms with Crippen LogP contribution in [0.2, 0.25) is 0 Å². The molecule has 0 saturated carbocycles. The van der Waals surface area contributed by atoms with Crippen LogP contribution >= 0.6 is 0 Å². The molecule has 4 rings (SSSR count). The summed E-state index contributed by atoms with van der Waals surface area (Å²) in [6.07, 6.45) is 7.77. The Morgan fingerprint density at radius 3 is 2.33 bits per heavy atom. The Morgan fingerprint density at radius 2 is 1.70 bits per heavy atom. The first-order valence-corrected chi connectivity index (χ1v) is 8.86. The van der Waals surface area contributed by atoms with Crippen molar-refractivity contribution in [1.82, 2.24) is 20.2 Å². The zero-order valence-electron chi connectivity index (χ0n) is 16.1. The minimum absolute atomic E-state index is 0.0203. The van der Waals surface area contributed by atoms with E-state index < -0.39 is 11.9 Å². The maximum Gasteiger partial charge on any atom is 0.355 e. The van der Waals surface area contributed by atoms with E-state index in [0.29, 0.717) is 36.1 Å². The summed E-state index contributed by atoms with van der Waals surface area (Å²) in [5.41, 5.74) is 0.918. The standard InChI is InChI=1S/C19H17N5O6/c1-27-18(25)12-5-3-4-6-23(17(12)19(26)28-2)13-9-15-16(30-8-7-29-15)10-14(13)24-11-20-21-22-24/h3-6,9-11H,7-8H2,1-2H3. The van der Waals surface area contributed by atoms with Crippen molar-refractivity contribution in [2.24, 2.45) is 0 Å². The highest BCUT2D eigenvalue weighted by atomic mass is 16.6. The minimum Gasteiger partial charge on any atom is -0.486 e. The molecule has 1 aromatic heterocycles. The van der Waals surface area contributed by atoms with Crippen LogP contribution in [0.25, 0.3) is 5.69 Å². The monoisotopic (exact) mass is 411 g/mol. The van der Waals surface area contributed by atoms with Gasteiger partial charge in [0.15, 0.2) is 11.5 Å². The van der Waals surface area contributed by atoms with E-state index in [1.165, 1.54) is 36.2 Å². The molecule has 2 aromatic rings. The summed E-state index contributed by atoms with van der Waals surface area (Å²) < 4.78 is 22.6. The van der Waals surface area contributed by atoms with E-state index in [1.54, 1.807) is 30.5 Å². The Bertz CT molecular complexity index is 1070. The number of rotatable bonds is 4. The summed E-state index contributed by atoms with van der Waals surface area (Å²) in [5, 5.41) is 11.3. The van der Waals surface area contributed by atoms with Crippen LogP contribution in [0.15, 0.2) is 54.2 Å². The maximum atomic E-state index is 12.7. The molecule has 154 valence electrons. The molecule has 0 atom stereocenters. The molecular formula is C19H17N5O6. The first-order valence-electron chi connectivity index (χ1n) is 8.86. The highest BCUT2D eigenvalue weighted by molar-refractivity contribution is 6.05. The van der Waals surface area contributed by atoms with Gasteiger partial charge >= 0.3 is 11.9 Å². The Balaban J connectivity index is 1.97. The number of tetrazole rings is 1. The molecular weight excluding hydrogens is 394 g/mol. The van der Waals surface area contributed by atoms with Gasteiger partial charge in [0.05, 0.1) is 31.2 Å². The van der Waals surface area contributed by atoms with E-state index in [-0.39, 0.29) is 11.3 Å². The maximum absolute atomic E-state index is 12.7. The molecule has 0 spiro atoms. The molecule has 3 heterocycles. The number of allylic oxidation sites excluding steroid dienone is 2. The topological polar surface area (TPSA) is 118 Å². The van der Waals surface area contributed by atoms with Gasteiger partial charge in [0, 0.05) is 18.3 Å². The van der Waals surface area contributed by atoms with Gasteiger partial charge in [0.25, 0.3) is 0 Å². The van der Waals surface area contributed by atoms with Crippen molar-refractivity contribution in [2.75, 3.05) is 32.3 Å². The zero-order valence-corrected chi connectivity index (χ0v) is 16.1. The van der Waals surface area contributed by atoms with Crippen LogP contribution in [0.4, 0.5) is 5.69 Å². The third kappa shape index (κ3) is 3.36. The fraction of sp³-hybridized carbons (Fsp3) is 0.211. The van der Waals surface area contributed by atoms with Gasteiger partial charge in [-0.2, -0.15) is 4.68 Å². The highest BCUT2D eigenvalue weighted by Gasteiger charge is 2.30. The van der Waals surface area contributed by atoms with E-state index in [1.807, 2.05) is 0 Å². The van der Waals surface area contributed by atoms with Gasteiger partial charge in [-0.15, -0.1) is 5.10 Å². The third-order valence-electron chi connectivity index (χ3n) is 4.38. The average molecular weight is 411 g/mol. The van der Waals surface area contributed by atoms with Gasteiger partial charge < -0.3 is 23.8 Å². The molecule has 0 unspecified atom stereocenters. The molecule has 30 heavy (non-hydrogen) atoms. The molecule has 0 amide bonds. The summed E-state index contributed by atoms with van der Waals surface area (Å²) in [4.78, 5) is 26.6. The first-order chi connectivity index (χ1) is 14.6. The van der Waals surface area contributed by atoms with Crippen LogP contribution in [0.5, 0.6) is 11.5 Å². The van der Waals surface area contributed by atoms with Gasteiger partial charge in [0.1, 0.15) is 25.2 Å². The molecule has 2 aliphatic rings. The minimum atomic E-state index is -0.732. The number of anilines is 1. The number of ether oxygens (including phenoxy) is 4. The summed E-state index contributed by atoms with van der Waals surface area (Å²) in [7, 11) is 2.46. The smallest absolute Gasteiger partial charge is 0.355 e. The second-order valence-electron chi connectivity index (χ2n) is 6.06. The van der Waals surface area contributed by atoms with E-state index >= 15 is 0 Å². The molecule has 0 bridgehead atoms. The lowest BCUT2D eigenvalue weighted by molar-refractivity contribution is -0.139. The van der Waals surface area contributed by atoms with Crippen LogP contribution in [-0.4, -0.2) is 59.6 Å². The molecule has 2 aliphatic heterocycles. The fourth-order valence-corrected chi connectivity index (χ4v) is 3.07. The lowest BCUT2D eigenvalue weighted by atomic mass is 10.1. The van der Waals surface area contributed by atoms with Gasteiger partial charge in [-0.25, -0.2) is 9.59 Å². The van der Waals surface area contributed by atoms with Crippen LogP contribution in [0.1, 0.15) is 0 Å². The fourth-order valence-electron chi connectivity index (χ4n) is 3.07. The lowest BCUT2D eigenvalue weighted by Gasteiger charge is -2.27. The first kappa shape index (κ1) is 19.2. The van der Waals surface area contributed by atoms with E-state index in [2.05, 4.69) is 15.5 Å². The number of benzene rings is 1. The number of carbonyl (C=O) groups is 2. The average Bonchev–Trinajstić information content (AvgIpc) is 3.23. The SMILES string of the molecule is COC(=O)C1=C(C(=O)OC)N(c2cc3c(cc2-n2cnnn2)OCCO3)C=CC=C1. The Morgan fingerprint density at radius 1 is 1.00 bits per heavy atom. The van der Waals surface area contributed by atoms with Crippen molar-refractivity contribution >= 4 is 17.6 Å². The molecule has 0 saturated heterocycles. The van der Waals surface area contributed by atoms with Crippen molar-refractivity contribution in [3.63, 3.8) is 0 Å². The molecule has 0 N–H and O–H groups in total.